The minimum absolute atomic E-state index is 0.740. The Morgan fingerprint density at radius 2 is 1.33 bits per heavy atom. The van der Waals surface area contributed by atoms with Crippen LogP contribution in [0.4, 0.5) is 0 Å². The number of hydrogen-bond donors (Lipinski definition) is 1. The van der Waals surface area contributed by atoms with E-state index < -0.39 is 7.37 Å². The van der Waals surface area contributed by atoms with Gasteiger partial charge in [-0.2, -0.15) is 5.48 Å². The predicted molar refractivity (Wildman–Crippen MR) is 80.4 cm³/mol. The second kappa shape index (κ2) is 12.2. The Kier molecular flexibility index (Phi) is 12.3. The smallest absolute Gasteiger partial charge is 0.220 e. The molecule has 0 unspecified atom stereocenters. The van der Waals surface area contributed by atoms with Gasteiger partial charge in [-0.05, 0) is 19.3 Å². The number of unbranched alkanes of at least 4 members (excludes halogenated alkanes) is 5. The molecule has 0 aliphatic rings. The molecule has 0 aromatic heterocycles. The molecule has 0 aliphatic heterocycles. The summed E-state index contributed by atoms with van der Waals surface area (Å²) in [5, 5.41) is 0. The monoisotopic (exact) mass is 277 g/mol. The van der Waals surface area contributed by atoms with Crippen LogP contribution in [0.3, 0.4) is 0 Å². The highest BCUT2D eigenvalue weighted by atomic mass is 31.2. The Morgan fingerprint density at radius 3 is 1.78 bits per heavy atom. The van der Waals surface area contributed by atoms with Crippen LogP contribution < -0.4 is 5.48 Å². The van der Waals surface area contributed by atoms with E-state index in [4.69, 9.17) is 4.62 Å². The topological polar surface area (TPSA) is 38.3 Å². The third-order valence-corrected chi connectivity index (χ3v) is 5.53. The van der Waals surface area contributed by atoms with Gasteiger partial charge in [0.05, 0.1) is 0 Å². The highest BCUT2D eigenvalue weighted by Gasteiger charge is 2.22. The van der Waals surface area contributed by atoms with Crippen molar-refractivity contribution in [3.05, 3.63) is 0 Å². The third-order valence-electron chi connectivity index (χ3n) is 3.07. The largest absolute Gasteiger partial charge is 0.291 e. The Morgan fingerprint density at radius 1 is 0.833 bits per heavy atom. The Hall–Kier alpha value is 0.150. The molecule has 110 valence electrons. The second-order valence-corrected chi connectivity index (χ2v) is 7.72. The van der Waals surface area contributed by atoms with Crippen LogP contribution in [0.15, 0.2) is 0 Å². The van der Waals surface area contributed by atoms with E-state index in [0.717, 1.165) is 70.2 Å². The predicted octanol–water partition coefficient (Wildman–Crippen LogP) is 4.97. The summed E-state index contributed by atoms with van der Waals surface area (Å²) in [5.41, 5.74) is 2.92. The molecule has 4 heteroatoms. The van der Waals surface area contributed by atoms with Crippen molar-refractivity contribution in [3.8, 4) is 0 Å². The van der Waals surface area contributed by atoms with Crippen LogP contribution in [0.5, 0.6) is 0 Å². The van der Waals surface area contributed by atoms with Gasteiger partial charge in [-0.25, -0.2) is 4.62 Å². The molecule has 0 aromatic rings. The van der Waals surface area contributed by atoms with E-state index in [2.05, 4.69) is 26.3 Å². The summed E-state index contributed by atoms with van der Waals surface area (Å²) in [6.07, 6.45) is 10.4. The normalized spacial score (nSPS) is 11.9. The van der Waals surface area contributed by atoms with Crippen molar-refractivity contribution in [1.82, 2.24) is 5.48 Å². The first-order valence-electron chi connectivity index (χ1n) is 7.68. The maximum atomic E-state index is 12.6. The molecule has 0 aliphatic carbocycles. The zero-order chi connectivity index (χ0) is 13.7. The first kappa shape index (κ1) is 18.1. The maximum Gasteiger partial charge on any atom is 0.220 e. The van der Waals surface area contributed by atoms with Gasteiger partial charge in [0.15, 0.2) is 0 Å². The van der Waals surface area contributed by atoms with E-state index in [1.54, 1.807) is 0 Å². The quantitative estimate of drug-likeness (QED) is 0.293. The molecule has 0 heterocycles. The standard InChI is InChI=1S/C14H32NO2P/c1-4-7-10-13-18(16,14-11-8-5-2)17-15-12-9-6-3/h15H,4-14H2,1-3H3. The van der Waals surface area contributed by atoms with Gasteiger partial charge in [0.25, 0.3) is 0 Å². The van der Waals surface area contributed by atoms with Crippen LogP contribution in [0.25, 0.3) is 0 Å². The number of nitrogens with one attached hydrogen (secondary N) is 1. The fraction of sp³-hybridized carbons (Fsp3) is 1.00. The summed E-state index contributed by atoms with van der Waals surface area (Å²) in [6.45, 7) is 7.29. The van der Waals surface area contributed by atoms with Crippen molar-refractivity contribution >= 4 is 7.37 Å². The van der Waals surface area contributed by atoms with Crippen molar-refractivity contribution in [2.24, 2.45) is 0 Å². The molecule has 0 atom stereocenters. The average molecular weight is 277 g/mol. The molecule has 0 aromatic carbocycles. The van der Waals surface area contributed by atoms with E-state index >= 15 is 0 Å². The highest BCUT2D eigenvalue weighted by molar-refractivity contribution is 7.58. The van der Waals surface area contributed by atoms with Gasteiger partial charge in [-0.15, -0.1) is 0 Å². The SMILES string of the molecule is CCCCCP(=O)(CCCCC)ONCCCC. The molecule has 0 rings (SSSR count). The lowest BCUT2D eigenvalue weighted by molar-refractivity contribution is 0.196. The molecule has 0 amide bonds. The molecular weight excluding hydrogens is 245 g/mol. The minimum atomic E-state index is -2.43. The molecule has 0 fully saturated rings. The summed E-state index contributed by atoms with van der Waals surface area (Å²) in [4.78, 5) is 0. The highest BCUT2D eigenvalue weighted by Crippen LogP contribution is 2.47. The summed E-state index contributed by atoms with van der Waals surface area (Å²) in [7, 11) is -2.43. The van der Waals surface area contributed by atoms with Gasteiger partial charge in [0.2, 0.25) is 7.37 Å². The third kappa shape index (κ3) is 10.1. The molecule has 3 nitrogen and oxygen atoms in total. The lowest BCUT2D eigenvalue weighted by atomic mass is 10.3. The minimum Gasteiger partial charge on any atom is -0.291 e. The van der Waals surface area contributed by atoms with E-state index in [0.29, 0.717) is 0 Å². The van der Waals surface area contributed by atoms with Crippen LogP contribution in [0.1, 0.15) is 72.1 Å². The van der Waals surface area contributed by atoms with Gasteiger partial charge >= 0.3 is 0 Å². The van der Waals surface area contributed by atoms with Crippen molar-refractivity contribution < 1.29 is 9.19 Å². The molecule has 0 bridgehead atoms. The van der Waals surface area contributed by atoms with Crippen LogP contribution in [-0.2, 0) is 9.19 Å². The first-order valence-corrected chi connectivity index (χ1v) is 9.67. The summed E-state index contributed by atoms with van der Waals surface area (Å²) < 4.78 is 18.2. The number of rotatable bonds is 13. The van der Waals surface area contributed by atoms with Crippen molar-refractivity contribution in [2.45, 2.75) is 72.1 Å². The molecule has 0 spiro atoms. The van der Waals surface area contributed by atoms with Gasteiger partial charge in [-0.3, -0.25) is 4.57 Å². The molecular formula is C14H32NO2P. The average Bonchev–Trinajstić information content (AvgIpc) is 2.36. The van der Waals surface area contributed by atoms with E-state index in [1.807, 2.05) is 0 Å². The maximum absolute atomic E-state index is 12.6. The number of hydroxylamine groups is 1. The fourth-order valence-electron chi connectivity index (χ4n) is 1.82. The van der Waals surface area contributed by atoms with Gasteiger partial charge < -0.3 is 0 Å². The van der Waals surface area contributed by atoms with Crippen LogP contribution in [0.2, 0.25) is 0 Å². The number of hydrogen-bond acceptors (Lipinski definition) is 3. The molecule has 0 radical (unpaired) electrons. The second-order valence-electron chi connectivity index (χ2n) is 5.02. The van der Waals surface area contributed by atoms with E-state index in [1.165, 1.54) is 0 Å². The molecule has 18 heavy (non-hydrogen) atoms. The first-order chi connectivity index (χ1) is 8.68. The van der Waals surface area contributed by atoms with Crippen molar-refractivity contribution in [1.29, 1.82) is 0 Å². The molecule has 1 N–H and O–H groups in total. The van der Waals surface area contributed by atoms with Gasteiger partial charge in [-0.1, -0.05) is 52.9 Å². The lowest BCUT2D eigenvalue weighted by Gasteiger charge is -2.18. The molecule has 0 saturated carbocycles. The summed E-state index contributed by atoms with van der Waals surface area (Å²) in [5.74, 6) is 0. The Labute approximate surface area is 113 Å². The zero-order valence-electron chi connectivity index (χ0n) is 12.5. The zero-order valence-corrected chi connectivity index (χ0v) is 13.4. The summed E-state index contributed by atoms with van der Waals surface area (Å²) in [6, 6.07) is 0. The fourth-order valence-corrected chi connectivity index (χ4v) is 3.96. The summed E-state index contributed by atoms with van der Waals surface area (Å²) >= 11 is 0. The Bertz CT molecular complexity index is 208. The molecule has 0 saturated heterocycles. The van der Waals surface area contributed by atoms with Crippen molar-refractivity contribution in [2.75, 3.05) is 18.9 Å². The van der Waals surface area contributed by atoms with Gasteiger partial charge in [0.1, 0.15) is 0 Å². The Balaban J connectivity index is 3.99. The van der Waals surface area contributed by atoms with Crippen LogP contribution in [-0.4, -0.2) is 18.9 Å². The van der Waals surface area contributed by atoms with E-state index in [-0.39, 0.29) is 0 Å². The van der Waals surface area contributed by atoms with Crippen LogP contribution in [0, 0.1) is 0 Å². The van der Waals surface area contributed by atoms with Crippen molar-refractivity contribution in [3.63, 3.8) is 0 Å². The van der Waals surface area contributed by atoms with E-state index in [9.17, 15) is 4.57 Å². The van der Waals surface area contributed by atoms with Crippen LogP contribution >= 0.6 is 7.37 Å². The van der Waals surface area contributed by atoms with Gasteiger partial charge in [0, 0.05) is 18.9 Å². The lowest BCUT2D eigenvalue weighted by Crippen LogP contribution is -2.16.